The second-order valence-corrected chi connectivity index (χ2v) is 9.91. The molecular weight excluding hydrogens is 492 g/mol. The zero-order valence-electron chi connectivity index (χ0n) is 17.8. The van der Waals surface area contributed by atoms with Crippen molar-refractivity contribution in [3.8, 4) is 0 Å². The summed E-state index contributed by atoms with van der Waals surface area (Å²) in [6.07, 6.45) is 3.29. The third kappa shape index (κ3) is 5.79. The number of anilines is 2. The number of nitrogens with zero attached hydrogens (tertiary/aromatic N) is 2. The molecule has 3 rings (SSSR count). The lowest BCUT2D eigenvalue weighted by molar-refractivity contribution is 0.0791. The van der Waals surface area contributed by atoms with Gasteiger partial charge in [0.15, 0.2) is 0 Å². The van der Waals surface area contributed by atoms with E-state index in [9.17, 15) is 13.2 Å². The van der Waals surface area contributed by atoms with Gasteiger partial charge in [0.05, 0.1) is 16.3 Å². The van der Waals surface area contributed by atoms with Gasteiger partial charge in [-0.15, -0.1) is 13.2 Å². The second-order valence-electron chi connectivity index (χ2n) is 7.32. The van der Waals surface area contributed by atoms with Gasteiger partial charge in [-0.3, -0.25) is 9.52 Å². The van der Waals surface area contributed by atoms with Crippen LogP contribution in [-0.2, 0) is 10.0 Å². The molecule has 32 heavy (non-hydrogen) atoms. The van der Waals surface area contributed by atoms with Gasteiger partial charge in [0.1, 0.15) is 0 Å². The largest absolute Gasteiger partial charge is 0.367 e. The lowest BCUT2D eigenvalue weighted by atomic mass is 10.1. The van der Waals surface area contributed by atoms with Crippen molar-refractivity contribution < 1.29 is 13.2 Å². The summed E-state index contributed by atoms with van der Waals surface area (Å²) in [5, 5.41) is 3.29. The number of hydrogen-bond donors (Lipinski definition) is 2. The monoisotopic (exact) mass is 518 g/mol. The van der Waals surface area contributed by atoms with E-state index in [0.717, 1.165) is 36.3 Å². The summed E-state index contributed by atoms with van der Waals surface area (Å²) in [6.45, 7) is 11.2. The highest BCUT2D eigenvalue weighted by Gasteiger charge is 2.22. The fraction of sp³-hybridized carbons (Fsp3) is 0.261. The van der Waals surface area contributed by atoms with Crippen molar-refractivity contribution in [2.75, 3.05) is 48.9 Å². The Balaban J connectivity index is 2.00. The fourth-order valence-electron chi connectivity index (χ4n) is 3.48. The first-order chi connectivity index (χ1) is 15.4. The molecule has 1 heterocycles. The molecule has 0 bridgehead atoms. The predicted octanol–water partition coefficient (Wildman–Crippen LogP) is 3.47. The van der Waals surface area contributed by atoms with Crippen molar-refractivity contribution in [2.45, 2.75) is 4.90 Å². The molecule has 0 spiro atoms. The van der Waals surface area contributed by atoms with Crippen LogP contribution >= 0.6 is 15.9 Å². The van der Waals surface area contributed by atoms with Gasteiger partial charge in [-0.1, -0.05) is 28.1 Å². The summed E-state index contributed by atoms with van der Waals surface area (Å²) >= 11 is 3.32. The van der Waals surface area contributed by atoms with Crippen LogP contribution in [0.1, 0.15) is 10.4 Å². The minimum Gasteiger partial charge on any atom is -0.367 e. The highest BCUT2D eigenvalue weighted by Crippen LogP contribution is 2.30. The van der Waals surface area contributed by atoms with E-state index < -0.39 is 10.0 Å². The molecule has 1 aliphatic rings. The highest BCUT2D eigenvalue weighted by molar-refractivity contribution is 9.10. The van der Waals surface area contributed by atoms with Gasteiger partial charge in [0.25, 0.3) is 15.9 Å². The number of hydrogen-bond acceptors (Lipinski definition) is 5. The Morgan fingerprint density at radius 3 is 2.31 bits per heavy atom. The minimum absolute atomic E-state index is 0.142. The van der Waals surface area contributed by atoms with Gasteiger partial charge in [-0.05, 0) is 42.5 Å². The Labute approximate surface area is 198 Å². The molecular formula is C23H27BrN4O3S. The summed E-state index contributed by atoms with van der Waals surface area (Å²) in [5.41, 5.74) is 1.50. The Kier molecular flexibility index (Phi) is 8.11. The van der Waals surface area contributed by atoms with Crippen molar-refractivity contribution in [1.29, 1.82) is 0 Å². The van der Waals surface area contributed by atoms with Crippen LogP contribution < -0.4 is 14.9 Å². The average molecular weight is 519 g/mol. The number of carbonyl (C=O) groups excluding carboxylic acids is 1. The van der Waals surface area contributed by atoms with Crippen LogP contribution in [0.25, 0.3) is 0 Å². The third-order valence-corrected chi connectivity index (χ3v) is 6.97. The summed E-state index contributed by atoms with van der Waals surface area (Å²) in [6, 6.07) is 11.6. The molecule has 1 amide bonds. The van der Waals surface area contributed by atoms with E-state index in [0.29, 0.717) is 24.3 Å². The molecule has 0 unspecified atom stereocenters. The molecule has 1 aliphatic heterocycles. The van der Waals surface area contributed by atoms with Gasteiger partial charge in [0, 0.05) is 49.3 Å². The van der Waals surface area contributed by atoms with Crippen molar-refractivity contribution in [2.24, 2.45) is 0 Å². The molecule has 1 fully saturated rings. The van der Waals surface area contributed by atoms with Crippen LogP contribution in [0.2, 0.25) is 0 Å². The van der Waals surface area contributed by atoms with Gasteiger partial charge in [-0.25, -0.2) is 8.42 Å². The quantitative estimate of drug-likeness (QED) is 0.496. The number of nitrogens with one attached hydrogen (secondary N) is 2. The number of halogens is 1. The number of sulfonamides is 1. The number of amides is 1. The number of carbonyl (C=O) groups is 1. The van der Waals surface area contributed by atoms with Crippen molar-refractivity contribution in [3.05, 3.63) is 77.8 Å². The van der Waals surface area contributed by atoms with E-state index in [1.807, 2.05) is 0 Å². The molecule has 0 aliphatic carbocycles. The molecule has 2 N–H and O–H groups in total. The van der Waals surface area contributed by atoms with Crippen LogP contribution in [0, 0.1) is 0 Å². The Morgan fingerprint density at radius 1 is 1.09 bits per heavy atom. The lowest BCUT2D eigenvalue weighted by Crippen LogP contribution is -2.43. The van der Waals surface area contributed by atoms with E-state index in [-0.39, 0.29) is 10.8 Å². The standard InChI is InChI=1S/C23H27BrN4O3S/c1-3-13-28(14-4-2)23(29)18-5-10-22(27-15-11-25-12-16-27)21(17-18)26-32(30,31)20-8-6-19(24)7-9-20/h3-10,17,25-26H,1-2,11-16H2. The summed E-state index contributed by atoms with van der Waals surface area (Å²) < 4.78 is 29.7. The minimum atomic E-state index is -3.84. The molecule has 1 saturated heterocycles. The first-order valence-corrected chi connectivity index (χ1v) is 12.5. The number of piperazine rings is 1. The van der Waals surface area contributed by atoms with E-state index in [4.69, 9.17) is 0 Å². The van der Waals surface area contributed by atoms with E-state index >= 15 is 0 Å². The molecule has 0 saturated carbocycles. The van der Waals surface area contributed by atoms with Gasteiger partial charge >= 0.3 is 0 Å². The topological polar surface area (TPSA) is 81.8 Å². The molecule has 9 heteroatoms. The molecule has 170 valence electrons. The normalized spacial score (nSPS) is 14.0. The highest BCUT2D eigenvalue weighted by atomic mass is 79.9. The zero-order chi connectivity index (χ0) is 23.1. The van der Waals surface area contributed by atoms with Crippen LogP contribution in [0.15, 0.2) is 77.1 Å². The van der Waals surface area contributed by atoms with Crippen LogP contribution in [0.4, 0.5) is 11.4 Å². The van der Waals surface area contributed by atoms with Crippen LogP contribution in [-0.4, -0.2) is 58.5 Å². The fourth-order valence-corrected chi connectivity index (χ4v) is 4.81. The smallest absolute Gasteiger partial charge is 0.261 e. The Bertz CT molecular complexity index is 1070. The van der Waals surface area contributed by atoms with E-state index in [1.165, 1.54) is 12.1 Å². The molecule has 2 aromatic carbocycles. The number of benzene rings is 2. The van der Waals surface area contributed by atoms with Crippen LogP contribution in [0.3, 0.4) is 0 Å². The zero-order valence-corrected chi connectivity index (χ0v) is 20.2. The summed E-state index contributed by atoms with van der Waals surface area (Å²) in [4.78, 5) is 16.9. The first kappa shape index (κ1) is 24.0. The average Bonchev–Trinajstić information content (AvgIpc) is 2.79. The van der Waals surface area contributed by atoms with Gasteiger partial charge in [-0.2, -0.15) is 0 Å². The maximum absolute atomic E-state index is 13.1. The molecule has 0 radical (unpaired) electrons. The maximum Gasteiger partial charge on any atom is 0.261 e. The molecule has 2 aromatic rings. The van der Waals surface area contributed by atoms with Gasteiger partial charge in [0.2, 0.25) is 0 Å². The van der Waals surface area contributed by atoms with Gasteiger partial charge < -0.3 is 15.1 Å². The van der Waals surface area contributed by atoms with Crippen molar-refractivity contribution in [3.63, 3.8) is 0 Å². The second kappa shape index (κ2) is 10.8. The van der Waals surface area contributed by atoms with Crippen molar-refractivity contribution >= 4 is 43.2 Å². The molecule has 7 nitrogen and oxygen atoms in total. The van der Waals surface area contributed by atoms with E-state index in [2.05, 4.69) is 44.0 Å². The summed E-state index contributed by atoms with van der Waals surface area (Å²) in [7, 11) is -3.84. The molecule has 0 aromatic heterocycles. The van der Waals surface area contributed by atoms with E-state index in [1.54, 1.807) is 47.4 Å². The first-order valence-electron chi connectivity index (χ1n) is 10.2. The maximum atomic E-state index is 13.1. The number of rotatable bonds is 9. The predicted molar refractivity (Wildman–Crippen MR) is 133 cm³/mol. The molecule has 0 atom stereocenters. The Hall–Kier alpha value is -2.62. The SMILES string of the molecule is C=CCN(CC=C)C(=O)c1ccc(N2CCNCC2)c(NS(=O)(=O)c2ccc(Br)cc2)c1. The third-order valence-electron chi connectivity index (χ3n) is 5.06. The lowest BCUT2D eigenvalue weighted by Gasteiger charge is -2.31. The Morgan fingerprint density at radius 2 is 1.72 bits per heavy atom. The van der Waals surface area contributed by atoms with Crippen LogP contribution in [0.5, 0.6) is 0 Å². The van der Waals surface area contributed by atoms with Crippen molar-refractivity contribution in [1.82, 2.24) is 10.2 Å². The summed E-state index contributed by atoms with van der Waals surface area (Å²) in [5.74, 6) is -0.222.